The number of morpholine rings is 1. The zero-order valence-electron chi connectivity index (χ0n) is 10.5. The van der Waals surface area contributed by atoms with Crippen molar-refractivity contribution < 1.29 is 4.74 Å². The molecule has 0 saturated carbocycles. The maximum atomic E-state index is 5.41. The van der Waals surface area contributed by atoms with Crippen molar-refractivity contribution in [3.63, 3.8) is 0 Å². The highest BCUT2D eigenvalue weighted by molar-refractivity contribution is 4.70. The molecule has 0 aromatic heterocycles. The molecular weight excluding hydrogens is 188 g/mol. The van der Waals surface area contributed by atoms with Crippen LogP contribution in [0.5, 0.6) is 0 Å². The Morgan fingerprint density at radius 2 is 2.27 bits per heavy atom. The van der Waals surface area contributed by atoms with Crippen LogP contribution in [-0.4, -0.2) is 50.3 Å². The van der Waals surface area contributed by atoms with Gasteiger partial charge in [-0.25, -0.2) is 0 Å². The highest BCUT2D eigenvalue weighted by atomic mass is 16.5. The third kappa shape index (κ3) is 5.50. The average Bonchev–Trinajstić information content (AvgIpc) is 2.20. The third-order valence-electron chi connectivity index (χ3n) is 2.86. The largest absolute Gasteiger partial charge is 0.379 e. The second-order valence-electron chi connectivity index (χ2n) is 4.91. The zero-order valence-corrected chi connectivity index (χ0v) is 10.5. The summed E-state index contributed by atoms with van der Waals surface area (Å²) in [5.41, 5.74) is 0. The normalized spacial score (nSPS) is 23.6. The summed E-state index contributed by atoms with van der Waals surface area (Å²) in [6, 6.07) is 0.601. The first-order valence-corrected chi connectivity index (χ1v) is 6.22. The summed E-state index contributed by atoms with van der Waals surface area (Å²) < 4.78 is 5.41. The van der Waals surface area contributed by atoms with Gasteiger partial charge in [0.2, 0.25) is 0 Å². The first-order valence-electron chi connectivity index (χ1n) is 6.22. The Balaban J connectivity index is 1.99. The van der Waals surface area contributed by atoms with E-state index in [1.165, 1.54) is 13.0 Å². The minimum Gasteiger partial charge on any atom is -0.379 e. The van der Waals surface area contributed by atoms with Gasteiger partial charge in [-0.15, -0.1) is 0 Å². The van der Waals surface area contributed by atoms with Gasteiger partial charge in [0.1, 0.15) is 0 Å². The van der Waals surface area contributed by atoms with Crippen LogP contribution in [0.25, 0.3) is 0 Å². The molecule has 15 heavy (non-hydrogen) atoms. The summed E-state index contributed by atoms with van der Waals surface area (Å²) in [5.74, 6) is 0.757. The van der Waals surface area contributed by atoms with E-state index in [1.807, 2.05) is 0 Å². The van der Waals surface area contributed by atoms with Gasteiger partial charge < -0.3 is 10.1 Å². The Morgan fingerprint density at radius 1 is 1.47 bits per heavy atom. The molecule has 1 heterocycles. The monoisotopic (exact) mass is 214 g/mol. The van der Waals surface area contributed by atoms with Crippen molar-refractivity contribution in [2.45, 2.75) is 33.2 Å². The van der Waals surface area contributed by atoms with Crippen LogP contribution in [0.2, 0.25) is 0 Å². The van der Waals surface area contributed by atoms with E-state index in [2.05, 4.69) is 31.0 Å². The lowest BCUT2D eigenvalue weighted by Crippen LogP contribution is -2.44. The summed E-state index contributed by atoms with van der Waals surface area (Å²) in [7, 11) is 0. The molecule has 0 spiro atoms. The van der Waals surface area contributed by atoms with E-state index >= 15 is 0 Å². The zero-order chi connectivity index (χ0) is 11.1. The molecular formula is C12H26N2O. The van der Waals surface area contributed by atoms with Crippen LogP contribution in [0, 0.1) is 5.92 Å². The second kappa shape index (κ2) is 7.20. The van der Waals surface area contributed by atoms with Crippen molar-refractivity contribution in [1.29, 1.82) is 0 Å². The number of ether oxygens (including phenoxy) is 1. The minimum atomic E-state index is 0.601. The summed E-state index contributed by atoms with van der Waals surface area (Å²) in [4.78, 5) is 2.53. The smallest absolute Gasteiger partial charge is 0.0619 e. The van der Waals surface area contributed by atoms with E-state index in [0.717, 1.165) is 38.8 Å². The van der Waals surface area contributed by atoms with Gasteiger partial charge in [0.05, 0.1) is 13.2 Å². The summed E-state index contributed by atoms with van der Waals surface area (Å²) in [6.45, 7) is 13.1. The van der Waals surface area contributed by atoms with Gasteiger partial charge in [0.25, 0.3) is 0 Å². The molecule has 0 aromatic rings. The van der Waals surface area contributed by atoms with Gasteiger partial charge in [-0.05, 0) is 38.9 Å². The summed E-state index contributed by atoms with van der Waals surface area (Å²) >= 11 is 0. The minimum absolute atomic E-state index is 0.601. The van der Waals surface area contributed by atoms with Gasteiger partial charge in [0, 0.05) is 12.6 Å². The standard InChI is InChI=1S/C12H26N2O/c1-11(2)9-13-5-4-6-14-7-8-15-10-12(14)3/h11-13H,4-10H2,1-3H3. The molecule has 0 amide bonds. The molecule has 1 fully saturated rings. The van der Waals surface area contributed by atoms with Crippen LogP contribution in [-0.2, 0) is 4.74 Å². The van der Waals surface area contributed by atoms with E-state index in [0.29, 0.717) is 6.04 Å². The van der Waals surface area contributed by atoms with E-state index in [-0.39, 0.29) is 0 Å². The van der Waals surface area contributed by atoms with E-state index < -0.39 is 0 Å². The van der Waals surface area contributed by atoms with Crippen LogP contribution in [0.1, 0.15) is 27.2 Å². The lowest BCUT2D eigenvalue weighted by atomic mass is 10.2. The molecule has 90 valence electrons. The Hall–Kier alpha value is -0.120. The molecule has 1 unspecified atom stereocenters. The van der Waals surface area contributed by atoms with Crippen molar-refractivity contribution in [3.8, 4) is 0 Å². The van der Waals surface area contributed by atoms with Gasteiger partial charge in [-0.2, -0.15) is 0 Å². The molecule has 0 aromatic carbocycles. The lowest BCUT2D eigenvalue weighted by molar-refractivity contribution is -0.000595. The average molecular weight is 214 g/mol. The van der Waals surface area contributed by atoms with E-state index in [9.17, 15) is 0 Å². The molecule has 0 aliphatic carbocycles. The number of nitrogens with one attached hydrogen (secondary N) is 1. The Bertz CT molecular complexity index is 162. The van der Waals surface area contributed by atoms with Crippen molar-refractivity contribution in [2.75, 3.05) is 39.4 Å². The molecule has 1 aliphatic rings. The Kier molecular flexibility index (Phi) is 6.22. The molecule has 1 atom stereocenters. The fourth-order valence-corrected chi connectivity index (χ4v) is 1.89. The topological polar surface area (TPSA) is 24.5 Å². The third-order valence-corrected chi connectivity index (χ3v) is 2.86. The number of hydrogen-bond acceptors (Lipinski definition) is 3. The second-order valence-corrected chi connectivity index (χ2v) is 4.91. The molecule has 3 heteroatoms. The van der Waals surface area contributed by atoms with Gasteiger partial charge in [0.15, 0.2) is 0 Å². The molecule has 1 rings (SSSR count). The van der Waals surface area contributed by atoms with Crippen LogP contribution in [0.4, 0.5) is 0 Å². The molecule has 3 nitrogen and oxygen atoms in total. The van der Waals surface area contributed by atoms with Crippen molar-refractivity contribution in [1.82, 2.24) is 10.2 Å². The molecule has 0 bridgehead atoms. The van der Waals surface area contributed by atoms with Crippen molar-refractivity contribution in [3.05, 3.63) is 0 Å². The number of nitrogens with zero attached hydrogens (tertiary/aromatic N) is 1. The first kappa shape index (κ1) is 12.9. The fourth-order valence-electron chi connectivity index (χ4n) is 1.89. The van der Waals surface area contributed by atoms with Crippen LogP contribution < -0.4 is 5.32 Å². The van der Waals surface area contributed by atoms with Crippen molar-refractivity contribution in [2.24, 2.45) is 5.92 Å². The van der Waals surface area contributed by atoms with Crippen LogP contribution >= 0.6 is 0 Å². The maximum absolute atomic E-state index is 5.41. The van der Waals surface area contributed by atoms with Gasteiger partial charge in [-0.1, -0.05) is 13.8 Å². The number of rotatable bonds is 6. The van der Waals surface area contributed by atoms with Gasteiger partial charge >= 0.3 is 0 Å². The maximum Gasteiger partial charge on any atom is 0.0619 e. The lowest BCUT2D eigenvalue weighted by Gasteiger charge is -2.33. The predicted molar refractivity (Wildman–Crippen MR) is 64.2 cm³/mol. The summed E-state index contributed by atoms with van der Waals surface area (Å²) in [6.07, 6.45) is 1.25. The highest BCUT2D eigenvalue weighted by Crippen LogP contribution is 2.05. The summed E-state index contributed by atoms with van der Waals surface area (Å²) in [5, 5.41) is 3.48. The predicted octanol–water partition coefficient (Wildman–Crippen LogP) is 1.34. The van der Waals surface area contributed by atoms with Gasteiger partial charge in [-0.3, -0.25) is 4.90 Å². The van der Waals surface area contributed by atoms with Crippen molar-refractivity contribution >= 4 is 0 Å². The van der Waals surface area contributed by atoms with Crippen LogP contribution in [0.3, 0.4) is 0 Å². The molecule has 0 radical (unpaired) electrons. The molecule has 1 N–H and O–H groups in total. The molecule has 1 saturated heterocycles. The SMILES string of the molecule is CC(C)CNCCCN1CCOCC1C. The Morgan fingerprint density at radius 3 is 2.93 bits per heavy atom. The fraction of sp³-hybridized carbons (Fsp3) is 1.00. The van der Waals surface area contributed by atoms with E-state index in [1.54, 1.807) is 0 Å². The Labute approximate surface area is 94.2 Å². The first-order chi connectivity index (χ1) is 7.20. The quantitative estimate of drug-likeness (QED) is 0.675. The van der Waals surface area contributed by atoms with E-state index in [4.69, 9.17) is 4.74 Å². The molecule has 1 aliphatic heterocycles. The van der Waals surface area contributed by atoms with Crippen LogP contribution in [0.15, 0.2) is 0 Å². The highest BCUT2D eigenvalue weighted by Gasteiger charge is 2.17. The number of hydrogen-bond donors (Lipinski definition) is 1.